The van der Waals surface area contributed by atoms with Crippen LogP contribution in [0.15, 0.2) is 24.3 Å². The van der Waals surface area contributed by atoms with E-state index >= 15 is 0 Å². The summed E-state index contributed by atoms with van der Waals surface area (Å²) in [5.74, 6) is 3.18. The van der Waals surface area contributed by atoms with E-state index in [1.54, 1.807) is 0 Å². The van der Waals surface area contributed by atoms with Crippen molar-refractivity contribution in [2.75, 3.05) is 6.54 Å². The molecule has 2 saturated carbocycles. The summed E-state index contributed by atoms with van der Waals surface area (Å²) < 4.78 is 0. The molecular formula is C19H28ClN. The van der Waals surface area contributed by atoms with Crippen molar-refractivity contribution in [3.05, 3.63) is 34.9 Å². The highest BCUT2D eigenvalue weighted by atomic mass is 35.5. The molecule has 1 nitrogen and oxygen atoms in total. The van der Waals surface area contributed by atoms with E-state index in [2.05, 4.69) is 43.4 Å². The van der Waals surface area contributed by atoms with E-state index in [-0.39, 0.29) is 0 Å². The van der Waals surface area contributed by atoms with Crippen molar-refractivity contribution < 1.29 is 0 Å². The third kappa shape index (κ3) is 4.02. The van der Waals surface area contributed by atoms with Gasteiger partial charge in [-0.3, -0.25) is 0 Å². The van der Waals surface area contributed by atoms with Crippen LogP contribution < -0.4 is 5.32 Å². The molecule has 116 valence electrons. The summed E-state index contributed by atoms with van der Waals surface area (Å²) in [7, 11) is 0. The van der Waals surface area contributed by atoms with Crippen LogP contribution in [0.5, 0.6) is 0 Å². The van der Waals surface area contributed by atoms with Crippen LogP contribution in [0.3, 0.4) is 0 Å². The highest BCUT2D eigenvalue weighted by Crippen LogP contribution is 2.43. The van der Waals surface area contributed by atoms with Gasteiger partial charge in [0.1, 0.15) is 0 Å². The zero-order valence-electron chi connectivity index (χ0n) is 13.3. The predicted octanol–water partition coefficient (Wildman–Crippen LogP) is 5.25. The van der Waals surface area contributed by atoms with Gasteiger partial charge < -0.3 is 5.32 Å². The van der Waals surface area contributed by atoms with Crippen LogP contribution in [0.25, 0.3) is 0 Å². The lowest BCUT2D eigenvalue weighted by Crippen LogP contribution is -2.34. The zero-order chi connectivity index (χ0) is 14.8. The van der Waals surface area contributed by atoms with E-state index < -0.39 is 0 Å². The average molecular weight is 306 g/mol. The van der Waals surface area contributed by atoms with Crippen LogP contribution in [0, 0.1) is 17.8 Å². The minimum absolute atomic E-state index is 0.703. The normalized spacial score (nSPS) is 29.8. The van der Waals surface area contributed by atoms with E-state index in [0.29, 0.717) is 5.92 Å². The van der Waals surface area contributed by atoms with E-state index in [1.165, 1.54) is 44.2 Å². The van der Waals surface area contributed by atoms with Crippen molar-refractivity contribution >= 4 is 11.6 Å². The van der Waals surface area contributed by atoms with Gasteiger partial charge in [-0.15, -0.1) is 0 Å². The molecule has 0 bridgehead atoms. The maximum Gasteiger partial charge on any atom is 0.0406 e. The molecule has 3 unspecified atom stereocenters. The molecule has 0 spiro atoms. The number of nitrogens with one attached hydrogen (secondary N) is 1. The van der Waals surface area contributed by atoms with Crippen LogP contribution in [0.1, 0.15) is 57.4 Å². The van der Waals surface area contributed by atoms with Crippen molar-refractivity contribution in [2.24, 2.45) is 17.8 Å². The molecule has 0 aromatic heterocycles. The Balaban J connectivity index is 1.72. The van der Waals surface area contributed by atoms with E-state index in [4.69, 9.17) is 11.6 Å². The fraction of sp³-hybridized carbons (Fsp3) is 0.684. The molecule has 0 radical (unpaired) electrons. The summed E-state index contributed by atoms with van der Waals surface area (Å²) in [6.45, 7) is 5.96. The molecule has 3 rings (SSSR count). The standard InChI is InChI=1S/C19H28ClN/c1-13(2)15-3-4-16(12-21-18-9-10-18)19(11-15)14-5-7-17(20)8-6-14/h5-8,13,15-16,18-19,21H,3-4,9-12H2,1-2H3. The lowest BCUT2D eigenvalue weighted by molar-refractivity contribution is 0.190. The monoisotopic (exact) mass is 305 g/mol. The van der Waals surface area contributed by atoms with E-state index in [1.807, 2.05) is 0 Å². The minimum Gasteiger partial charge on any atom is -0.314 e. The van der Waals surface area contributed by atoms with Gasteiger partial charge >= 0.3 is 0 Å². The summed E-state index contributed by atoms with van der Waals surface area (Å²) in [6, 6.07) is 9.43. The third-order valence-corrected chi connectivity index (χ3v) is 5.77. The van der Waals surface area contributed by atoms with Gasteiger partial charge in [-0.05, 0) is 80.0 Å². The summed E-state index contributed by atoms with van der Waals surface area (Å²) in [5, 5.41) is 4.61. The van der Waals surface area contributed by atoms with E-state index in [0.717, 1.165) is 28.8 Å². The SMILES string of the molecule is CC(C)C1CCC(CNC2CC2)C(c2ccc(Cl)cc2)C1. The van der Waals surface area contributed by atoms with E-state index in [9.17, 15) is 0 Å². The van der Waals surface area contributed by atoms with Crippen LogP contribution in [0.4, 0.5) is 0 Å². The first-order valence-corrected chi connectivity index (χ1v) is 9.00. The zero-order valence-corrected chi connectivity index (χ0v) is 14.1. The summed E-state index contributed by atoms with van der Waals surface area (Å²) in [6.07, 6.45) is 6.88. The van der Waals surface area contributed by atoms with Gasteiger partial charge in [0.05, 0.1) is 0 Å². The quantitative estimate of drug-likeness (QED) is 0.783. The number of hydrogen-bond donors (Lipinski definition) is 1. The Bertz CT molecular complexity index is 449. The summed E-state index contributed by atoms with van der Waals surface area (Å²) in [4.78, 5) is 0. The van der Waals surface area contributed by atoms with Crippen molar-refractivity contribution in [1.29, 1.82) is 0 Å². The first-order valence-electron chi connectivity index (χ1n) is 8.62. The van der Waals surface area contributed by atoms with Crippen molar-refractivity contribution in [3.8, 4) is 0 Å². The molecule has 1 aromatic carbocycles. The largest absolute Gasteiger partial charge is 0.314 e. The molecule has 2 fully saturated rings. The maximum atomic E-state index is 6.06. The van der Waals surface area contributed by atoms with Crippen LogP contribution in [-0.2, 0) is 0 Å². The van der Waals surface area contributed by atoms with Gasteiger partial charge in [-0.1, -0.05) is 37.6 Å². The predicted molar refractivity (Wildman–Crippen MR) is 90.9 cm³/mol. The molecule has 1 aromatic rings. The van der Waals surface area contributed by atoms with Crippen LogP contribution in [0.2, 0.25) is 5.02 Å². The molecule has 0 heterocycles. The minimum atomic E-state index is 0.703. The first-order chi connectivity index (χ1) is 10.1. The Morgan fingerprint density at radius 2 is 1.81 bits per heavy atom. The van der Waals surface area contributed by atoms with Crippen molar-refractivity contribution in [3.63, 3.8) is 0 Å². The Morgan fingerprint density at radius 3 is 2.43 bits per heavy atom. The van der Waals surface area contributed by atoms with Crippen LogP contribution >= 0.6 is 11.6 Å². The second kappa shape index (κ2) is 6.71. The molecule has 2 heteroatoms. The number of halogens is 1. The topological polar surface area (TPSA) is 12.0 Å². The Hall–Kier alpha value is -0.530. The second-order valence-electron chi connectivity index (χ2n) is 7.42. The molecule has 0 saturated heterocycles. The van der Waals surface area contributed by atoms with Crippen molar-refractivity contribution in [1.82, 2.24) is 5.32 Å². The summed E-state index contributed by atoms with van der Waals surface area (Å²) >= 11 is 6.06. The highest BCUT2D eigenvalue weighted by molar-refractivity contribution is 6.30. The molecule has 2 aliphatic carbocycles. The Kier molecular flexibility index (Phi) is 4.91. The molecule has 21 heavy (non-hydrogen) atoms. The number of hydrogen-bond acceptors (Lipinski definition) is 1. The number of benzene rings is 1. The smallest absolute Gasteiger partial charge is 0.0406 e. The van der Waals surface area contributed by atoms with Crippen molar-refractivity contribution in [2.45, 2.75) is 57.9 Å². The number of rotatable bonds is 5. The Labute approximate surface area is 134 Å². The lowest BCUT2D eigenvalue weighted by Gasteiger charge is -2.38. The second-order valence-corrected chi connectivity index (χ2v) is 7.85. The van der Waals surface area contributed by atoms with Gasteiger partial charge in [0, 0.05) is 11.1 Å². The van der Waals surface area contributed by atoms with Gasteiger partial charge in [0.15, 0.2) is 0 Å². The molecule has 0 aliphatic heterocycles. The fourth-order valence-electron chi connectivity index (χ4n) is 3.84. The Morgan fingerprint density at radius 1 is 1.10 bits per heavy atom. The average Bonchev–Trinajstić information content (AvgIpc) is 3.30. The molecule has 1 N–H and O–H groups in total. The fourth-order valence-corrected chi connectivity index (χ4v) is 3.97. The maximum absolute atomic E-state index is 6.06. The van der Waals surface area contributed by atoms with Gasteiger partial charge in [0.2, 0.25) is 0 Å². The van der Waals surface area contributed by atoms with Gasteiger partial charge in [0.25, 0.3) is 0 Å². The molecule has 0 amide bonds. The van der Waals surface area contributed by atoms with Gasteiger partial charge in [-0.25, -0.2) is 0 Å². The molecule has 3 atom stereocenters. The van der Waals surface area contributed by atoms with Crippen LogP contribution in [-0.4, -0.2) is 12.6 Å². The molecular weight excluding hydrogens is 278 g/mol. The molecule has 2 aliphatic rings. The lowest BCUT2D eigenvalue weighted by atomic mass is 9.68. The first kappa shape index (κ1) is 15.4. The summed E-state index contributed by atoms with van der Waals surface area (Å²) in [5.41, 5.74) is 1.49. The third-order valence-electron chi connectivity index (χ3n) is 5.52. The van der Waals surface area contributed by atoms with Gasteiger partial charge in [-0.2, -0.15) is 0 Å². The highest BCUT2D eigenvalue weighted by Gasteiger charge is 2.33.